The highest BCUT2D eigenvalue weighted by atomic mass is 16.5. The van der Waals surface area contributed by atoms with Crippen molar-refractivity contribution < 1.29 is 24.5 Å². The summed E-state index contributed by atoms with van der Waals surface area (Å²) in [7, 11) is 0. The van der Waals surface area contributed by atoms with Crippen LogP contribution in [0.2, 0.25) is 0 Å². The third kappa shape index (κ3) is 47.0. The first kappa shape index (κ1) is 62.5. The van der Waals surface area contributed by atoms with Crippen LogP contribution < -0.4 is 5.32 Å². The largest absolute Gasteiger partial charge is 0.462 e. The minimum atomic E-state index is -0.810. The Kier molecular flexibility index (Phi) is 49.7. The Labute approximate surface area is 407 Å². The molecular formula is C60H101NO5. The lowest BCUT2D eigenvalue weighted by Gasteiger charge is -2.24. The van der Waals surface area contributed by atoms with E-state index in [1.165, 1.54) is 83.5 Å². The quantitative estimate of drug-likeness (QED) is 0.0245. The molecule has 0 aliphatic rings. The molecule has 66 heavy (non-hydrogen) atoms. The summed E-state index contributed by atoms with van der Waals surface area (Å²) in [5.41, 5.74) is 0. The molecule has 1 amide bonds. The van der Waals surface area contributed by atoms with Crippen LogP contribution in [0.3, 0.4) is 0 Å². The molecule has 6 heteroatoms. The van der Waals surface area contributed by atoms with E-state index in [1.54, 1.807) is 0 Å². The Morgan fingerprint density at radius 3 is 1.42 bits per heavy atom. The van der Waals surface area contributed by atoms with Gasteiger partial charge in [-0.2, -0.15) is 0 Å². The van der Waals surface area contributed by atoms with Crippen molar-refractivity contribution in [2.45, 2.75) is 251 Å². The van der Waals surface area contributed by atoms with Gasteiger partial charge in [0.1, 0.15) is 6.10 Å². The van der Waals surface area contributed by atoms with E-state index in [0.29, 0.717) is 19.3 Å². The summed E-state index contributed by atoms with van der Waals surface area (Å²) in [5, 5.41) is 23.8. The predicted molar refractivity (Wildman–Crippen MR) is 287 cm³/mol. The van der Waals surface area contributed by atoms with Gasteiger partial charge in [-0.15, -0.1) is 0 Å². The van der Waals surface area contributed by atoms with Crippen LogP contribution in [-0.2, 0) is 14.3 Å². The predicted octanol–water partition coefficient (Wildman–Crippen LogP) is 16.7. The first-order valence-electron chi connectivity index (χ1n) is 27.2. The Bertz CT molecular complexity index is 1350. The normalized spacial score (nSPS) is 14.1. The van der Waals surface area contributed by atoms with E-state index in [-0.39, 0.29) is 24.9 Å². The molecule has 3 atom stereocenters. The first-order chi connectivity index (χ1) is 32.5. The second-order valence-electron chi connectivity index (χ2n) is 18.0. The van der Waals surface area contributed by atoms with Gasteiger partial charge in [0.05, 0.1) is 25.2 Å². The zero-order valence-corrected chi connectivity index (χ0v) is 42.8. The fraction of sp³-hybridized carbons (Fsp3) is 0.667. The lowest BCUT2D eigenvalue weighted by atomic mass is 10.0. The molecule has 0 aromatic carbocycles. The van der Waals surface area contributed by atoms with Crippen molar-refractivity contribution in [1.82, 2.24) is 5.32 Å². The summed E-state index contributed by atoms with van der Waals surface area (Å²) < 4.78 is 5.92. The molecule has 0 bridgehead atoms. The van der Waals surface area contributed by atoms with Crippen LogP contribution in [0.5, 0.6) is 0 Å². The molecule has 3 unspecified atom stereocenters. The smallest absolute Gasteiger partial charge is 0.306 e. The van der Waals surface area contributed by atoms with Gasteiger partial charge in [-0.25, -0.2) is 0 Å². The number of aliphatic hydroxyl groups excluding tert-OH is 2. The van der Waals surface area contributed by atoms with Crippen LogP contribution >= 0.6 is 0 Å². The average molecular weight is 916 g/mol. The van der Waals surface area contributed by atoms with Crippen LogP contribution in [-0.4, -0.2) is 46.9 Å². The second kappa shape index (κ2) is 52.5. The van der Waals surface area contributed by atoms with Crippen LogP contribution in [0.4, 0.5) is 0 Å². The number of hydrogen-bond acceptors (Lipinski definition) is 5. The average Bonchev–Trinajstić information content (AvgIpc) is 3.31. The number of carbonyl (C=O) groups is 2. The molecule has 0 aromatic heterocycles. The van der Waals surface area contributed by atoms with Crippen molar-refractivity contribution in [2.24, 2.45) is 0 Å². The van der Waals surface area contributed by atoms with Crippen LogP contribution in [0.25, 0.3) is 0 Å². The summed E-state index contributed by atoms with van der Waals surface area (Å²) in [6.45, 7) is 6.22. The number of rotatable bonds is 47. The van der Waals surface area contributed by atoms with Crippen molar-refractivity contribution in [3.05, 3.63) is 109 Å². The van der Waals surface area contributed by atoms with E-state index < -0.39 is 18.2 Å². The van der Waals surface area contributed by atoms with E-state index in [0.717, 1.165) is 103 Å². The SMILES string of the molecule is CC\C=C/C=C/C=C/C=C\C=C\C=C\CCCCCC(=O)OC(CCCCCC/C=C/C/C=C/C/C=C/CC)CC(=O)NC(CO)C(O)CCCCCCCCCCCCCCCCCC. The fourth-order valence-electron chi connectivity index (χ4n) is 7.71. The minimum Gasteiger partial charge on any atom is -0.462 e. The zero-order valence-electron chi connectivity index (χ0n) is 42.8. The molecule has 0 saturated heterocycles. The van der Waals surface area contributed by atoms with Gasteiger partial charge in [-0.1, -0.05) is 252 Å². The molecule has 0 spiro atoms. The number of esters is 1. The fourth-order valence-corrected chi connectivity index (χ4v) is 7.71. The molecule has 0 rings (SSSR count). The highest BCUT2D eigenvalue weighted by Crippen LogP contribution is 2.17. The lowest BCUT2D eigenvalue weighted by Crippen LogP contribution is -2.46. The highest BCUT2D eigenvalue weighted by Gasteiger charge is 2.24. The van der Waals surface area contributed by atoms with Crippen molar-refractivity contribution in [3.8, 4) is 0 Å². The van der Waals surface area contributed by atoms with Gasteiger partial charge in [0.15, 0.2) is 0 Å². The van der Waals surface area contributed by atoms with Gasteiger partial charge in [0.2, 0.25) is 5.91 Å². The van der Waals surface area contributed by atoms with Crippen molar-refractivity contribution in [3.63, 3.8) is 0 Å². The number of aliphatic hydroxyl groups is 2. The molecule has 0 aliphatic carbocycles. The van der Waals surface area contributed by atoms with Crippen LogP contribution in [0, 0.1) is 0 Å². The Balaban J connectivity index is 4.69. The maximum Gasteiger partial charge on any atom is 0.306 e. The van der Waals surface area contributed by atoms with Crippen molar-refractivity contribution >= 4 is 11.9 Å². The Morgan fingerprint density at radius 2 is 0.894 bits per heavy atom. The standard InChI is InChI=1S/C60H101NO5/c1-4-7-10-13-16-19-22-25-28-30-32-35-38-41-44-47-50-53-60(65)66-56(51-48-45-42-39-36-33-27-24-21-18-15-12-9-6-3)54-59(64)61-57(55-62)58(63)52-49-46-43-40-37-34-31-29-26-23-20-17-14-11-8-5-2/h7,9-10,12-13,16,18-19,21-22,25,27-28,30,32-33,35,38,56-58,62-63H,4-6,8,11,14-15,17,20,23-24,26,29,31,34,36-37,39-55H2,1-3H3,(H,61,64)/b10-7-,12-9+,16-13+,21-18+,22-19+,28-25-,32-30+,33-27+,38-35+. The number of allylic oxidation sites excluding steroid dienone is 18. The van der Waals surface area contributed by atoms with E-state index in [4.69, 9.17) is 4.74 Å². The molecule has 0 radical (unpaired) electrons. The second-order valence-corrected chi connectivity index (χ2v) is 18.0. The maximum absolute atomic E-state index is 13.2. The summed E-state index contributed by atoms with van der Waals surface area (Å²) >= 11 is 0. The third-order valence-corrected chi connectivity index (χ3v) is 11.8. The first-order valence-corrected chi connectivity index (χ1v) is 27.2. The van der Waals surface area contributed by atoms with Crippen LogP contribution in [0.1, 0.15) is 233 Å². The number of nitrogens with one attached hydrogen (secondary N) is 1. The molecule has 0 aliphatic heterocycles. The number of hydrogen-bond donors (Lipinski definition) is 3. The van der Waals surface area contributed by atoms with Gasteiger partial charge in [0, 0.05) is 6.42 Å². The number of amides is 1. The highest BCUT2D eigenvalue weighted by molar-refractivity contribution is 5.77. The molecule has 0 aromatic rings. The summed E-state index contributed by atoms with van der Waals surface area (Å²) in [4.78, 5) is 26.2. The molecule has 0 saturated carbocycles. The van der Waals surface area contributed by atoms with Crippen molar-refractivity contribution in [2.75, 3.05) is 6.61 Å². The minimum absolute atomic E-state index is 0.0377. The lowest BCUT2D eigenvalue weighted by molar-refractivity contribution is -0.151. The maximum atomic E-state index is 13.2. The third-order valence-electron chi connectivity index (χ3n) is 11.8. The van der Waals surface area contributed by atoms with Gasteiger partial charge >= 0.3 is 5.97 Å². The molecule has 0 heterocycles. The number of ether oxygens (including phenoxy) is 1. The van der Waals surface area contributed by atoms with Crippen molar-refractivity contribution in [1.29, 1.82) is 0 Å². The van der Waals surface area contributed by atoms with E-state index in [1.807, 2.05) is 54.7 Å². The van der Waals surface area contributed by atoms with Gasteiger partial charge in [-0.05, 0) is 77.0 Å². The van der Waals surface area contributed by atoms with Gasteiger partial charge in [0.25, 0.3) is 0 Å². The summed E-state index contributed by atoms with van der Waals surface area (Å²) in [5.74, 6) is -0.554. The monoisotopic (exact) mass is 916 g/mol. The van der Waals surface area contributed by atoms with E-state index in [9.17, 15) is 19.8 Å². The van der Waals surface area contributed by atoms with E-state index >= 15 is 0 Å². The molecule has 0 fully saturated rings. The van der Waals surface area contributed by atoms with E-state index in [2.05, 4.69) is 80.8 Å². The summed E-state index contributed by atoms with van der Waals surface area (Å²) in [6.07, 6.45) is 71.4. The van der Waals surface area contributed by atoms with Gasteiger partial charge < -0.3 is 20.3 Å². The van der Waals surface area contributed by atoms with Gasteiger partial charge in [-0.3, -0.25) is 9.59 Å². The Hall–Kier alpha value is -3.48. The summed E-state index contributed by atoms with van der Waals surface area (Å²) in [6, 6.07) is -0.726. The number of carbonyl (C=O) groups excluding carboxylic acids is 2. The molecule has 376 valence electrons. The topological polar surface area (TPSA) is 95.9 Å². The van der Waals surface area contributed by atoms with Crippen LogP contribution in [0.15, 0.2) is 109 Å². The zero-order chi connectivity index (χ0) is 48.1. The molecule has 3 N–H and O–H groups in total. The number of unbranched alkanes of at least 4 members (excludes halogenated alkanes) is 22. The Morgan fingerprint density at radius 1 is 0.470 bits per heavy atom. The molecule has 6 nitrogen and oxygen atoms in total. The molecular weight excluding hydrogens is 815 g/mol.